The van der Waals surface area contributed by atoms with Gasteiger partial charge in [0.15, 0.2) is 6.04 Å². The number of hydrogen-bond acceptors (Lipinski definition) is 5. The second-order valence-corrected chi connectivity index (χ2v) is 5.27. The standard InChI is InChI=1S/C10H15NO3S2/c1-3-14-10(13)9(11-7(2)12)8-6-15-4-5-16-8/h6,9H,3-5H2,1-2H3,(H,11,12). The largest absolute Gasteiger partial charge is 0.464 e. The van der Waals surface area contributed by atoms with Gasteiger partial charge in [-0.1, -0.05) is 0 Å². The SMILES string of the molecule is CCOC(=O)C(NC(C)=O)C1=CSCCS1. The molecule has 1 heterocycles. The van der Waals surface area contributed by atoms with E-state index in [1.54, 1.807) is 30.4 Å². The van der Waals surface area contributed by atoms with Crippen molar-refractivity contribution in [2.24, 2.45) is 0 Å². The van der Waals surface area contributed by atoms with Crippen molar-refractivity contribution in [3.8, 4) is 0 Å². The number of esters is 1. The molecule has 0 aromatic carbocycles. The molecule has 6 heteroatoms. The fourth-order valence-electron chi connectivity index (χ4n) is 1.21. The van der Waals surface area contributed by atoms with Crippen LogP contribution in [0.5, 0.6) is 0 Å². The Morgan fingerprint density at radius 3 is 2.81 bits per heavy atom. The van der Waals surface area contributed by atoms with Crippen LogP contribution in [0.1, 0.15) is 13.8 Å². The zero-order valence-corrected chi connectivity index (χ0v) is 11.0. The summed E-state index contributed by atoms with van der Waals surface area (Å²) < 4.78 is 4.94. The maximum Gasteiger partial charge on any atom is 0.333 e. The van der Waals surface area contributed by atoms with E-state index in [4.69, 9.17) is 4.74 Å². The summed E-state index contributed by atoms with van der Waals surface area (Å²) in [4.78, 5) is 23.6. The second-order valence-electron chi connectivity index (χ2n) is 3.13. The fourth-order valence-corrected chi connectivity index (χ4v) is 3.38. The summed E-state index contributed by atoms with van der Waals surface area (Å²) >= 11 is 3.24. The van der Waals surface area contributed by atoms with Crippen molar-refractivity contribution in [1.82, 2.24) is 5.32 Å². The number of thioether (sulfide) groups is 2. The van der Waals surface area contributed by atoms with E-state index in [0.29, 0.717) is 6.61 Å². The van der Waals surface area contributed by atoms with Crippen LogP contribution < -0.4 is 5.32 Å². The lowest BCUT2D eigenvalue weighted by atomic mass is 10.3. The van der Waals surface area contributed by atoms with Crippen molar-refractivity contribution < 1.29 is 14.3 Å². The average molecular weight is 261 g/mol. The van der Waals surface area contributed by atoms with Gasteiger partial charge in [0.1, 0.15) is 0 Å². The summed E-state index contributed by atoms with van der Waals surface area (Å²) in [6, 6.07) is -0.643. The number of ether oxygens (including phenoxy) is 1. The van der Waals surface area contributed by atoms with E-state index in [1.165, 1.54) is 6.92 Å². The van der Waals surface area contributed by atoms with Gasteiger partial charge in [-0.2, -0.15) is 0 Å². The quantitative estimate of drug-likeness (QED) is 0.775. The van der Waals surface area contributed by atoms with Crippen molar-refractivity contribution >= 4 is 35.4 Å². The van der Waals surface area contributed by atoms with Crippen LogP contribution in [-0.4, -0.2) is 36.0 Å². The number of nitrogens with one attached hydrogen (secondary N) is 1. The maximum atomic E-state index is 11.7. The molecule has 0 saturated carbocycles. The van der Waals surface area contributed by atoms with Gasteiger partial charge in [-0.15, -0.1) is 23.5 Å². The minimum absolute atomic E-state index is 0.227. The lowest BCUT2D eigenvalue weighted by Crippen LogP contribution is -2.41. The predicted octanol–water partition coefficient (Wildman–Crippen LogP) is 1.38. The maximum absolute atomic E-state index is 11.7. The molecule has 1 aliphatic rings. The molecule has 0 saturated heterocycles. The predicted molar refractivity (Wildman–Crippen MR) is 67.2 cm³/mol. The van der Waals surface area contributed by atoms with Crippen LogP contribution >= 0.6 is 23.5 Å². The Morgan fingerprint density at radius 1 is 1.56 bits per heavy atom. The highest BCUT2D eigenvalue weighted by atomic mass is 32.2. The molecule has 16 heavy (non-hydrogen) atoms. The molecule has 1 atom stereocenters. The first-order valence-corrected chi connectivity index (χ1v) is 7.06. The third kappa shape index (κ3) is 4.09. The molecule has 0 aromatic heterocycles. The number of rotatable bonds is 4. The molecule has 0 fully saturated rings. The van der Waals surface area contributed by atoms with Crippen molar-refractivity contribution in [2.45, 2.75) is 19.9 Å². The molecule has 1 rings (SSSR count). The van der Waals surface area contributed by atoms with E-state index in [2.05, 4.69) is 5.32 Å². The zero-order chi connectivity index (χ0) is 12.0. The first-order chi connectivity index (χ1) is 7.65. The highest BCUT2D eigenvalue weighted by molar-refractivity contribution is 8.09. The van der Waals surface area contributed by atoms with Crippen LogP contribution in [0.2, 0.25) is 0 Å². The number of carbonyl (C=O) groups excluding carboxylic acids is 2. The van der Waals surface area contributed by atoms with Crippen molar-refractivity contribution in [3.05, 3.63) is 10.3 Å². The molecular formula is C10H15NO3S2. The van der Waals surface area contributed by atoms with Crippen LogP contribution in [0, 0.1) is 0 Å². The Bertz CT molecular complexity index is 304. The van der Waals surface area contributed by atoms with Gasteiger partial charge in [-0.25, -0.2) is 4.79 Å². The number of carbonyl (C=O) groups is 2. The Labute approximate surface area is 104 Å². The molecule has 90 valence electrons. The molecule has 0 spiro atoms. The molecule has 4 nitrogen and oxygen atoms in total. The molecule has 1 N–H and O–H groups in total. The highest BCUT2D eigenvalue weighted by Crippen LogP contribution is 2.29. The van der Waals surface area contributed by atoms with Crippen LogP contribution in [0.4, 0.5) is 0 Å². The average Bonchev–Trinajstić information content (AvgIpc) is 2.27. The van der Waals surface area contributed by atoms with Crippen LogP contribution in [0.25, 0.3) is 0 Å². The third-order valence-electron chi connectivity index (χ3n) is 1.82. The lowest BCUT2D eigenvalue weighted by Gasteiger charge is -2.21. The van der Waals surface area contributed by atoms with Crippen LogP contribution in [-0.2, 0) is 14.3 Å². The number of amides is 1. The second kappa shape index (κ2) is 6.85. The van der Waals surface area contributed by atoms with Gasteiger partial charge < -0.3 is 10.1 Å². The Kier molecular flexibility index (Phi) is 5.76. The summed E-state index contributed by atoms with van der Waals surface area (Å²) in [7, 11) is 0. The van der Waals surface area contributed by atoms with Crippen molar-refractivity contribution in [2.75, 3.05) is 18.1 Å². The first kappa shape index (κ1) is 13.4. The Hall–Kier alpha value is -0.620. The summed E-state index contributed by atoms with van der Waals surface area (Å²) in [5, 5.41) is 4.54. The third-order valence-corrected chi connectivity index (χ3v) is 4.19. The summed E-state index contributed by atoms with van der Waals surface area (Å²) in [5.41, 5.74) is 0. The minimum atomic E-state index is -0.643. The van der Waals surface area contributed by atoms with Crippen LogP contribution in [0.3, 0.4) is 0 Å². The van der Waals surface area contributed by atoms with Gasteiger partial charge in [0.25, 0.3) is 0 Å². The van der Waals surface area contributed by atoms with Gasteiger partial charge in [0.2, 0.25) is 5.91 Å². The highest BCUT2D eigenvalue weighted by Gasteiger charge is 2.26. The van der Waals surface area contributed by atoms with Gasteiger partial charge in [-0.05, 0) is 12.3 Å². The van der Waals surface area contributed by atoms with E-state index in [-0.39, 0.29) is 11.9 Å². The molecule has 0 radical (unpaired) electrons. The minimum Gasteiger partial charge on any atom is -0.464 e. The molecule has 1 amide bonds. The summed E-state index contributed by atoms with van der Waals surface area (Å²) in [6.45, 7) is 3.47. The van der Waals surface area contributed by atoms with Crippen molar-refractivity contribution in [1.29, 1.82) is 0 Å². The summed E-state index contributed by atoms with van der Waals surface area (Å²) in [6.07, 6.45) is 0. The zero-order valence-electron chi connectivity index (χ0n) is 9.32. The van der Waals surface area contributed by atoms with Gasteiger partial charge in [0.05, 0.1) is 6.61 Å². The molecule has 1 aliphatic heterocycles. The van der Waals surface area contributed by atoms with E-state index in [1.807, 2.05) is 5.41 Å². The van der Waals surface area contributed by atoms with E-state index in [9.17, 15) is 9.59 Å². The number of hydrogen-bond donors (Lipinski definition) is 1. The topological polar surface area (TPSA) is 55.4 Å². The van der Waals surface area contributed by atoms with E-state index < -0.39 is 6.04 Å². The normalized spacial score (nSPS) is 17.2. The molecule has 0 bridgehead atoms. The smallest absolute Gasteiger partial charge is 0.333 e. The Morgan fingerprint density at radius 2 is 2.31 bits per heavy atom. The lowest BCUT2D eigenvalue weighted by molar-refractivity contribution is -0.145. The molecule has 1 unspecified atom stereocenters. The molecule has 0 aromatic rings. The van der Waals surface area contributed by atoms with Gasteiger partial charge in [-0.3, -0.25) is 4.79 Å². The molecule has 0 aliphatic carbocycles. The van der Waals surface area contributed by atoms with Gasteiger partial charge in [0, 0.05) is 23.3 Å². The van der Waals surface area contributed by atoms with Crippen LogP contribution in [0.15, 0.2) is 10.3 Å². The van der Waals surface area contributed by atoms with Gasteiger partial charge >= 0.3 is 5.97 Å². The van der Waals surface area contributed by atoms with E-state index >= 15 is 0 Å². The Balaban J connectivity index is 2.72. The van der Waals surface area contributed by atoms with E-state index in [0.717, 1.165) is 16.4 Å². The monoisotopic (exact) mass is 261 g/mol. The molecular weight excluding hydrogens is 246 g/mol. The fraction of sp³-hybridized carbons (Fsp3) is 0.600. The summed E-state index contributed by atoms with van der Waals surface area (Å²) in [5.74, 6) is 1.37. The van der Waals surface area contributed by atoms with Crippen molar-refractivity contribution in [3.63, 3.8) is 0 Å². The first-order valence-electron chi connectivity index (χ1n) is 5.03.